The first-order chi connectivity index (χ1) is 10.9. The molecule has 0 saturated carbocycles. The molecule has 1 fully saturated rings. The number of benzene rings is 1. The summed E-state index contributed by atoms with van der Waals surface area (Å²) in [5.41, 5.74) is 3.33. The Hall–Kier alpha value is -2.22. The van der Waals surface area contributed by atoms with Gasteiger partial charge >= 0.3 is 0 Å². The lowest BCUT2D eigenvalue weighted by Crippen LogP contribution is -2.22. The molecule has 1 atom stereocenters. The fourth-order valence-electron chi connectivity index (χ4n) is 2.48. The van der Waals surface area contributed by atoms with E-state index >= 15 is 0 Å². The Morgan fingerprint density at radius 3 is 2.74 bits per heavy atom. The zero-order chi connectivity index (χ0) is 16.4. The fraction of sp³-hybridized carbons (Fsp3) is 0.400. The van der Waals surface area contributed by atoms with Gasteiger partial charge in [-0.3, -0.25) is 0 Å². The summed E-state index contributed by atoms with van der Waals surface area (Å²) in [7, 11) is -2.94. The molecular formula is C15H19N5O2S. The first-order valence-corrected chi connectivity index (χ1v) is 9.24. The molecule has 8 heteroatoms. The highest BCUT2D eigenvalue weighted by atomic mass is 32.2. The molecule has 1 aromatic heterocycles. The van der Waals surface area contributed by atoms with Crippen molar-refractivity contribution in [1.82, 2.24) is 15.2 Å². The summed E-state index contributed by atoms with van der Waals surface area (Å²) in [6, 6.07) is 5.89. The van der Waals surface area contributed by atoms with Gasteiger partial charge in [0.1, 0.15) is 0 Å². The summed E-state index contributed by atoms with van der Waals surface area (Å²) in [6.07, 6.45) is 2.10. The van der Waals surface area contributed by atoms with Gasteiger partial charge in [0.25, 0.3) is 0 Å². The Kier molecular flexibility index (Phi) is 4.16. The van der Waals surface area contributed by atoms with Crippen molar-refractivity contribution in [2.45, 2.75) is 26.3 Å². The second-order valence-corrected chi connectivity index (χ2v) is 8.06. The van der Waals surface area contributed by atoms with Crippen molar-refractivity contribution >= 4 is 27.3 Å². The topological polar surface area (TPSA) is 96.9 Å². The molecule has 3 rings (SSSR count). The van der Waals surface area contributed by atoms with E-state index in [9.17, 15) is 8.42 Å². The molecule has 23 heavy (non-hydrogen) atoms. The molecule has 1 aromatic carbocycles. The third-order valence-electron chi connectivity index (χ3n) is 3.90. The number of aryl methyl sites for hydroxylation is 2. The van der Waals surface area contributed by atoms with Gasteiger partial charge in [-0.25, -0.2) is 8.42 Å². The van der Waals surface area contributed by atoms with Crippen LogP contribution < -0.4 is 10.6 Å². The molecule has 0 spiro atoms. The minimum absolute atomic E-state index is 0.116. The largest absolute Gasteiger partial charge is 0.349 e. The van der Waals surface area contributed by atoms with Crippen LogP contribution in [0.4, 0.5) is 17.5 Å². The van der Waals surface area contributed by atoms with Gasteiger partial charge in [0, 0.05) is 11.7 Å². The Morgan fingerprint density at radius 2 is 2.04 bits per heavy atom. The smallest absolute Gasteiger partial charge is 0.244 e. The summed E-state index contributed by atoms with van der Waals surface area (Å²) in [6.45, 7) is 4.11. The number of anilines is 3. The van der Waals surface area contributed by atoms with Crippen LogP contribution in [0.3, 0.4) is 0 Å². The van der Waals surface area contributed by atoms with Crippen LogP contribution in [0.5, 0.6) is 0 Å². The minimum Gasteiger partial charge on any atom is -0.349 e. The van der Waals surface area contributed by atoms with Gasteiger partial charge in [-0.15, -0.1) is 5.10 Å². The lowest BCUT2D eigenvalue weighted by Gasteiger charge is -2.11. The van der Waals surface area contributed by atoms with Gasteiger partial charge in [-0.1, -0.05) is 6.07 Å². The summed E-state index contributed by atoms with van der Waals surface area (Å²) < 4.78 is 23.0. The predicted molar refractivity (Wildman–Crippen MR) is 89.7 cm³/mol. The van der Waals surface area contributed by atoms with E-state index in [0.717, 1.165) is 5.69 Å². The van der Waals surface area contributed by atoms with E-state index < -0.39 is 9.84 Å². The number of nitrogens with one attached hydrogen (secondary N) is 2. The van der Waals surface area contributed by atoms with E-state index in [1.165, 1.54) is 17.3 Å². The molecule has 1 unspecified atom stereocenters. The molecule has 2 aromatic rings. The maximum Gasteiger partial charge on any atom is 0.244 e. The summed E-state index contributed by atoms with van der Waals surface area (Å²) in [5.74, 6) is 1.22. The normalized spacial score (nSPS) is 19.5. The van der Waals surface area contributed by atoms with E-state index in [4.69, 9.17) is 0 Å². The van der Waals surface area contributed by atoms with Crippen molar-refractivity contribution in [3.05, 3.63) is 35.5 Å². The van der Waals surface area contributed by atoms with E-state index in [1.54, 1.807) is 0 Å². The molecule has 0 amide bonds. The monoisotopic (exact) mass is 333 g/mol. The molecule has 1 aliphatic rings. The van der Waals surface area contributed by atoms with Crippen molar-refractivity contribution in [2.75, 3.05) is 22.1 Å². The van der Waals surface area contributed by atoms with E-state index in [2.05, 4.69) is 32.7 Å². The quantitative estimate of drug-likeness (QED) is 0.881. The zero-order valence-electron chi connectivity index (χ0n) is 13.1. The van der Waals surface area contributed by atoms with E-state index in [0.29, 0.717) is 18.2 Å². The van der Waals surface area contributed by atoms with E-state index in [1.807, 2.05) is 25.1 Å². The lowest BCUT2D eigenvalue weighted by atomic mass is 10.1. The zero-order valence-corrected chi connectivity index (χ0v) is 13.9. The van der Waals surface area contributed by atoms with Crippen LogP contribution in [0, 0.1) is 13.8 Å². The Bertz CT molecular complexity index is 822. The summed E-state index contributed by atoms with van der Waals surface area (Å²) >= 11 is 0. The van der Waals surface area contributed by atoms with Crippen molar-refractivity contribution in [1.29, 1.82) is 0 Å². The molecule has 0 radical (unpaired) electrons. The number of nitrogens with zero attached hydrogens (tertiary/aromatic N) is 3. The van der Waals surface area contributed by atoms with E-state index in [-0.39, 0.29) is 17.5 Å². The SMILES string of the molecule is Cc1ccc(Nc2cnnc(NC3CCS(=O)(=O)C3)n2)cc1C. The highest BCUT2D eigenvalue weighted by Gasteiger charge is 2.28. The molecule has 1 saturated heterocycles. The number of sulfone groups is 1. The Labute approximate surface area is 135 Å². The number of rotatable bonds is 4. The van der Waals surface area contributed by atoms with Crippen LogP contribution >= 0.6 is 0 Å². The lowest BCUT2D eigenvalue weighted by molar-refractivity contribution is 0.602. The third-order valence-corrected chi connectivity index (χ3v) is 5.67. The average Bonchev–Trinajstić information content (AvgIpc) is 2.82. The molecule has 1 aliphatic heterocycles. The van der Waals surface area contributed by atoms with Crippen LogP contribution in [-0.2, 0) is 9.84 Å². The van der Waals surface area contributed by atoms with Gasteiger partial charge in [-0.2, -0.15) is 10.1 Å². The average molecular weight is 333 g/mol. The van der Waals surface area contributed by atoms with Gasteiger partial charge in [0.05, 0.1) is 17.7 Å². The minimum atomic E-state index is -2.94. The molecule has 122 valence electrons. The molecule has 0 bridgehead atoms. The first kappa shape index (κ1) is 15.7. The highest BCUT2D eigenvalue weighted by molar-refractivity contribution is 7.91. The maximum absolute atomic E-state index is 11.5. The van der Waals surface area contributed by atoms with Gasteiger partial charge in [0.2, 0.25) is 5.95 Å². The second kappa shape index (κ2) is 6.11. The van der Waals surface area contributed by atoms with Crippen LogP contribution in [0.2, 0.25) is 0 Å². The number of hydrogen-bond donors (Lipinski definition) is 2. The van der Waals surface area contributed by atoms with Crippen molar-refractivity contribution in [3.63, 3.8) is 0 Å². The number of hydrogen-bond acceptors (Lipinski definition) is 7. The second-order valence-electron chi connectivity index (χ2n) is 5.83. The molecule has 7 nitrogen and oxygen atoms in total. The van der Waals surface area contributed by atoms with Crippen molar-refractivity contribution in [2.24, 2.45) is 0 Å². The molecule has 0 aliphatic carbocycles. The van der Waals surface area contributed by atoms with Crippen molar-refractivity contribution in [3.8, 4) is 0 Å². The maximum atomic E-state index is 11.5. The highest BCUT2D eigenvalue weighted by Crippen LogP contribution is 2.19. The van der Waals surface area contributed by atoms with Crippen LogP contribution in [0.1, 0.15) is 17.5 Å². The Morgan fingerprint density at radius 1 is 1.22 bits per heavy atom. The van der Waals surface area contributed by atoms with Crippen molar-refractivity contribution < 1.29 is 8.42 Å². The van der Waals surface area contributed by atoms with Gasteiger partial charge < -0.3 is 10.6 Å². The summed E-state index contributed by atoms with van der Waals surface area (Å²) in [5, 5.41) is 14.1. The van der Waals surface area contributed by atoms with Crippen LogP contribution in [0.25, 0.3) is 0 Å². The fourth-order valence-corrected chi connectivity index (χ4v) is 4.16. The molecule has 2 heterocycles. The van der Waals surface area contributed by atoms with Gasteiger partial charge in [0.15, 0.2) is 15.7 Å². The predicted octanol–water partition coefficient (Wildman–Crippen LogP) is 1.83. The van der Waals surface area contributed by atoms with Gasteiger partial charge in [-0.05, 0) is 43.5 Å². The number of aromatic nitrogens is 3. The van der Waals surface area contributed by atoms with Crippen LogP contribution in [-0.4, -0.2) is 41.1 Å². The molecule has 2 N–H and O–H groups in total. The third kappa shape index (κ3) is 3.95. The molecular weight excluding hydrogens is 314 g/mol. The van der Waals surface area contributed by atoms with Crippen LogP contribution in [0.15, 0.2) is 24.4 Å². The standard InChI is InChI=1S/C15H19N5O2S/c1-10-3-4-12(7-11(10)2)17-14-8-16-20-15(19-14)18-13-5-6-23(21,22)9-13/h3-4,7-8,13H,5-6,9H2,1-2H3,(H2,17,18,19,20). The Balaban J connectivity index is 1.71. The first-order valence-electron chi connectivity index (χ1n) is 7.42. The summed E-state index contributed by atoms with van der Waals surface area (Å²) in [4.78, 5) is 4.34.